The maximum Gasteiger partial charge on any atom is 3.00 e. The van der Waals surface area contributed by atoms with E-state index in [1.54, 1.807) is 0 Å². The van der Waals surface area contributed by atoms with Crippen molar-refractivity contribution in [1.82, 2.24) is 0 Å². The second-order valence-electron chi connectivity index (χ2n) is 9.77. The number of halogens is 6. The molecule has 0 heterocycles. The molecular weight excluding hydrogens is 832 g/mol. The maximum absolute atomic E-state index is 10.7. The molecule has 1 aliphatic carbocycles. The molecule has 0 atom stereocenters. The molecule has 0 nitrogen and oxygen atoms in total. The first-order chi connectivity index (χ1) is 20.2. The summed E-state index contributed by atoms with van der Waals surface area (Å²) in [6, 6.07) is 43.0. The van der Waals surface area contributed by atoms with Gasteiger partial charge in [0.05, 0.1) is 50.4 Å². The first-order valence-electron chi connectivity index (χ1n) is 14.0. The van der Waals surface area contributed by atoms with Crippen LogP contribution in [0.4, 0.5) is 25.2 Å². The minimum Gasteiger partial charge on any atom is -0.358 e. The second-order valence-corrected chi connectivity index (χ2v) is 16.5. The summed E-state index contributed by atoms with van der Waals surface area (Å²) >= 11 is 0. The monoisotopic (exact) mass is 878 g/mol. The Morgan fingerprint density at radius 2 is 0.543 bits per heavy atom. The Bertz CT molecular complexity index is 1170. The van der Waals surface area contributed by atoms with Crippen LogP contribution < -0.4 is 21.2 Å². The van der Waals surface area contributed by atoms with Crippen molar-refractivity contribution < 1.29 is 45.3 Å². The smallest absolute Gasteiger partial charge is 0.358 e. The zero-order chi connectivity index (χ0) is 31.7. The molecule has 10 heteroatoms. The van der Waals surface area contributed by atoms with Crippen LogP contribution in [0.25, 0.3) is 0 Å². The molecule has 1 aliphatic rings. The Hall–Kier alpha value is -2.12. The van der Waals surface area contributed by atoms with Crippen LogP contribution in [-0.4, -0.2) is 13.3 Å². The zero-order valence-electron chi connectivity index (χ0n) is 26.7. The molecule has 0 saturated heterocycles. The van der Waals surface area contributed by atoms with Gasteiger partial charge in [-0.1, -0.05) is 97.1 Å². The van der Waals surface area contributed by atoms with Crippen LogP contribution in [0.3, 0.4) is 0 Å². The van der Waals surface area contributed by atoms with Crippen molar-refractivity contribution in [2.24, 2.45) is 0 Å². The quantitative estimate of drug-likeness (QED) is 0.0829. The van der Waals surface area contributed by atoms with E-state index < -0.39 is 23.7 Å². The summed E-state index contributed by atoms with van der Waals surface area (Å²) in [6.07, 6.45) is 14.0. The van der Waals surface area contributed by atoms with Crippen molar-refractivity contribution in [2.45, 2.75) is 25.7 Å². The van der Waals surface area contributed by atoms with E-state index in [-0.39, 0.29) is 35.0 Å². The van der Waals surface area contributed by atoms with Gasteiger partial charge in [0.1, 0.15) is 0 Å². The number of allylic oxidation sites excluding steroid dienone is 4. The summed E-state index contributed by atoms with van der Waals surface area (Å²) in [5, 5.41) is 5.90. The average Bonchev–Trinajstić information content (AvgIpc) is 2.97. The van der Waals surface area contributed by atoms with Crippen molar-refractivity contribution in [3.8, 4) is 0 Å². The Labute approximate surface area is 288 Å². The van der Waals surface area contributed by atoms with Crippen LogP contribution >= 0.6 is 23.7 Å². The van der Waals surface area contributed by atoms with E-state index in [9.17, 15) is 25.2 Å². The molecular formula is C36H46F6IrP3+2. The first kappa shape index (κ1) is 46.0. The minimum atomic E-state index is -10.7. The molecule has 0 bridgehead atoms. The molecule has 0 N–H and O–H groups in total. The average molecular weight is 878 g/mol. The van der Waals surface area contributed by atoms with Gasteiger partial charge >= 0.3 is 53.1 Å². The Morgan fingerprint density at radius 1 is 0.391 bits per heavy atom. The van der Waals surface area contributed by atoms with Gasteiger partial charge in [-0.05, 0) is 74.2 Å². The third-order valence-electron chi connectivity index (χ3n) is 6.16. The fourth-order valence-corrected chi connectivity index (χ4v) is 7.38. The number of hydrogen-bond donors (Lipinski definition) is 0. The minimum absolute atomic E-state index is 0. The zero-order valence-corrected chi connectivity index (χ0v) is 32.0. The van der Waals surface area contributed by atoms with E-state index in [0.29, 0.717) is 0 Å². The van der Waals surface area contributed by atoms with Gasteiger partial charge in [-0.2, -0.15) is 0 Å². The third kappa shape index (κ3) is 24.1. The predicted octanol–water partition coefficient (Wildman–Crippen LogP) is 11.9. The number of rotatable bonds is 4. The standard InChI is InChI=1S/2C13H13P.C8H12.2CH3.F6P.Ir/c2*1-14(12-8-4-2-5-9-12)13-10-6-3-7-11-13;1-2-4-6-8-7-5-3-1;;;1-7(2,3,4,5)6;/h2*2-11H,1H3;1-2,7-8H,3-6H2;2*1H3;;/q;;;3*-1;+3/p+2/b;;2-1-,8-7-;;;;. The number of hydrogen-bond acceptors (Lipinski definition) is 0. The molecule has 5 rings (SSSR count). The molecule has 46 heavy (non-hydrogen) atoms. The third-order valence-corrected chi connectivity index (χ3v) is 11.0. The summed E-state index contributed by atoms with van der Waals surface area (Å²) < 4.78 is 59.2. The van der Waals surface area contributed by atoms with E-state index in [1.807, 2.05) is 0 Å². The fraction of sp³-hybridized carbons (Fsp3) is 0.167. The SMILES string of the molecule is C1=C\CC/C=C\CC/1.C[PH+](c1ccccc1)c1ccccc1.C[PH+](c1ccccc1)c1ccccc1.F[P-](F)(F)(F)(F)F.[CH3-].[CH3-].[Ir+3]. The summed E-state index contributed by atoms with van der Waals surface area (Å²) in [7, 11) is -11.7. The van der Waals surface area contributed by atoms with Crippen molar-refractivity contribution in [1.29, 1.82) is 0 Å². The van der Waals surface area contributed by atoms with E-state index in [1.165, 1.54) is 46.9 Å². The van der Waals surface area contributed by atoms with Crippen LogP contribution in [0.1, 0.15) is 25.7 Å². The van der Waals surface area contributed by atoms with Crippen LogP contribution in [0.15, 0.2) is 146 Å². The second kappa shape index (κ2) is 21.7. The van der Waals surface area contributed by atoms with E-state index in [0.717, 1.165) is 0 Å². The number of benzene rings is 4. The van der Waals surface area contributed by atoms with Gasteiger partial charge in [0, 0.05) is 0 Å². The molecule has 0 saturated carbocycles. The normalized spacial score (nSPS) is 14.7. The van der Waals surface area contributed by atoms with E-state index >= 15 is 0 Å². The van der Waals surface area contributed by atoms with Gasteiger partial charge in [-0.25, -0.2) is 0 Å². The summed E-state index contributed by atoms with van der Waals surface area (Å²) in [5.74, 6) is 0. The van der Waals surface area contributed by atoms with Crippen molar-refractivity contribution in [3.05, 3.63) is 160 Å². The Balaban J connectivity index is 0. The fourth-order valence-electron chi connectivity index (χ4n) is 3.94. The molecule has 0 spiro atoms. The van der Waals surface area contributed by atoms with Gasteiger partial charge in [-0.15, -0.1) is 0 Å². The summed E-state index contributed by atoms with van der Waals surface area (Å²) in [5.41, 5.74) is 0. The topological polar surface area (TPSA) is 0 Å². The van der Waals surface area contributed by atoms with E-state index in [4.69, 9.17) is 0 Å². The molecule has 0 amide bonds. The van der Waals surface area contributed by atoms with Gasteiger partial charge < -0.3 is 14.9 Å². The van der Waals surface area contributed by atoms with Crippen LogP contribution in [-0.2, 0) is 20.1 Å². The molecule has 0 radical (unpaired) electrons. The van der Waals surface area contributed by atoms with Crippen molar-refractivity contribution >= 4 is 44.9 Å². The van der Waals surface area contributed by atoms with Crippen molar-refractivity contribution in [2.75, 3.05) is 13.3 Å². The Morgan fingerprint density at radius 3 is 0.696 bits per heavy atom. The maximum atomic E-state index is 9.87. The molecule has 0 fully saturated rings. The molecule has 0 unspecified atom stereocenters. The molecule has 0 aromatic heterocycles. The Kier molecular flexibility index (Phi) is 21.7. The first-order valence-corrected chi connectivity index (χ1v) is 20.0. The van der Waals surface area contributed by atoms with Gasteiger partial charge in [0.25, 0.3) is 0 Å². The molecule has 0 aliphatic heterocycles. The summed E-state index contributed by atoms with van der Waals surface area (Å²) in [4.78, 5) is 0. The van der Waals surface area contributed by atoms with Crippen LogP contribution in [0.2, 0.25) is 0 Å². The van der Waals surface area contributed by atoms with Crippen LogP contribution in [0.5, 0.6) is 0 Å². The van der Waals surface area contributed by atoms with E-state index in [2.05, 4.69) is 159 Å². The van der Waals surface area contributed by atoms with Gasteiger partial charge in [0.2, 0.25) is 0 Å². The van der Waals surface area contributed by atoms with Crippen molar-refractivity contribution in [3.63, 3.8) is 0 Å². The van der Waals surface area contributed by atoms with Crippen LogP contribution in [0, 0.1) is 14.9 Å². The molecule has 4 aromatic carbocycles. The van der Waals surface area contributed by atoms with Gasteiger partial charge in [-0.3, -0.25) is 0 Å². The van der Waals surface area contributed by atoms with Gasteiger partial charge in [0.15, 0.2) is 0 Å². The predicted molar refractivity (Wildman–Crippen MR) is 196 cm³/mol. The molecule has 254 valence electrons. The largest absolute Gasteiger partial charge is 3.00 e. The molecule has 4 aromatic rings. The summed E-state index contributed by atoms with van der Waals surface area (Å²) in [6.45, 7) is 4.69.